The first kappa shape index (κ1) is 7.05. The molecule has 3 heteroatoms. The van der Waals surface area contributed by atoms with E-state index in [0.717, 1.165) is 3.58 Å². The normalized spacial score (nSPS) is 19.4. The van der Waals surface area contributed by atoms with Crippen LogP contribution < -0.4 is 5.32 Å². The van der Waals surface area contributed by atoms with Crippen molar-refractivity contribution >= 4 is 28.8 Å². The Bertz CT molecular complexity index is 138. The number of hydrogen-bond donors (Lipinski definition) is 2. The van der Waals surface area contributed by atoms with Crippen molar-refractivity contribution in [3.63, 3.8) is 0 Å². The highest BCUT2D eigenvalue weighted by atomic mass is 127. The van der Waals surface area contributed by atoms with Crippen molar-refractivity contribution < 1.29 is 0 Å². The molecule has 0 saturated heterocycles. The van der Waals surface area contributed by atoms with Crippen LogP contribution in [0, 0.1) is 5.41 Å². The van der Waals surface area contributed by atoms with Crippen LogP contribution >= 0.6 is 22.6 Å². The van der Waals surface area contributed by atoms with E-state index in [9.17, 15) is 0 Å². The fourth-order valence-corrected chi connectivity index (χ4v) is 0.669. The first-order valence-electron chi connectivity index (χ1n) is 2.95. The molecule has 0 aromatic heterocycles. The molecule has 2 nitrogen and oxygen atoms in total. The highest BCUT2D eigenvalue weighted by Crippen LogP contribution is 2.18. The number of rotatable bonds is 3. The minimum absolute atomic E-state index is 0.703. The van der Waals surface area contributed by atoms with E-state index in [4.69, 9.17) is 5.41 Å². The summed E-state index contributed by atoms with van der Waals surface area (Å²) in [6, 6.07) is 0.703. The molecule has 1 aliphatic rings. The van der Waals surface area contributed by atoms with E-state index in [2.05, 4.69) is 27.9 Å². The Labute approximate surface area is 68.4 Å². The van der Waals surface area contributed by atoms with Gasteiger partial charge in [0.05, 0.1) is 0 Å². The predicted molar refractivity (Wildman–Crippen MR) is 47.0 cm³/mol. The van der Waals surface area contributed by atoms with Gasteiger partial charge >= 0.3 is 0 Å². The molecule has 1 aliphatic carbocycles. The number of allylic oxidation sites excluding steroid dienone is 1. The summed E-state index contributed by atoms with van der Waals surface area (Å²) < 4.78 is 0.958. The van der Waals surface area contributed by atoms with Crippen molar-refractivity contribution in [3.05, 3.63) is 9.78 Å². The van der Waals surface area contributed by atoms with Crippen LogP contribution in [0.3, 0.4) is 0 Å². The average Bonchev–Trinajstić information content (AvgIpc) is 2.65. The third kappa shape index (κ3) is 2.84. The number of nitrogens with one attached hydrogen (secondary N) is 2. The lowest BCUT2D eigenvalue weighted by molar-refractivity contribution is 0.863. The van der Waals surface area contributed by atoms with Gasteiger partial charge < -0.3 is 10.7 Å². The largest absolute Gasteiger partial charge is 0.387 e. The van der Waals surface area contributed by atoms with Crippen LogP contribution in [0.4, 0.5) is 0 Å². The van der Waals surface area contributed by atoms with Crippen LogP contribution in [-0.4, -0.2) is 12.3 Å². The summed E-state index contributed by atoms with van der Waals surface area (Å²) in [5.74, 6) is 0. The monoisotopic (exact) mass is 236 g/mol. The average molecular weight is 236 g/mol. The van der Waals surface area contributed by atoms with E-state index in [1.807, 2.05) is 6.20 Å². The van der Waals surface area contributed by atoms with Crippen molar-refractivity contribution in [2.75, 3.05) is 0 Å². The Morgan fingerprint density at radius 2 is 2.33 bits per heavy atom. The first-order chi connectivity index (χ1) is 4.33. The fourth-order valence-electron chi connectivity index (χ4n) is 0.489. The van der Waals surface area contributed by atoms with Crippen LogP contribution in [0.5, 0.6) is 0 Å². The lowest BCUT2D eigenvalue weighted by Crippen LogP contribution is -2.07. The second kappa shape index (κ2) is 3.20. The van der Waals surface area contributed by atoms with Gasteiger partial charge in [0.1, 0.15) is 0 Å². The maximum absolute atomic E-state index is 6.83. The summed E-state index contributed by atoms with van der Waals surface area (Å²) in [5.41, 5.74) is 0. The Morgan fingerprint density at radius 1 is 1.67 bits per heavy atom. The lowest BCUT2D eigenvalue weighted by Gasteiger charge is -1.93. The second-order valence-electron chi connectivity index (χ2n) is 2.11. The summed E-state index contributed by atoms with van der Waals surface area (Å²) in [6.07, 6.45) is 5.82. The summed E-state index contributed by atoms with van der Waals surface area (Å²) >= 11 is 2.12. The van der Waals surface area contributed by atoms with E-state index < -0.39 is 0 Å². The Morgan fingerprint density at radius 3 is 2.78 bits per heavy atom. The van der Waals surface area contributed by atoms with E-state index in [1.165, 1.54) is 19.1 Å². The molecule has 50 valence electrons. The van der Waals surface area contributed by atoms with Crippen molar-refractivity contribution in [2.45, 2.75) is 18.9 Å². The van der Waals surface area contributed by atoms with Crippen LogP contribution in [0.1, 0.15) is 12.8 Å². The topological polar surface area (TPSA) is 35.9 Å². The van der Waals surface area contributed by atoms with Crippen LogP contribution in [-0.2, 0) is 0 Å². The van der Waals surface area contributed by atoms with E-state index in [1.54, 1.807) is 0 Å². The van der Waals surface area contributed by atoms with E-state index in [-0.39, 0.29) is 0 Å². The molecule has 0 amide bonds. The maximum atomic E-state index is 6.83. The summed E-state index contributed by atoms with van der Waals surface area (Å²) in [6.45, 7) is 0. The number of halogens is 1. The van der Waals surface area contributed by atoms with Gasteiger partial charge in [0.2, 0.25) is 0 Å². The van der Waals surface area contributed by atoms with Gasteiger partial charge in [-0.3, -0.25) is 0 Å². The molecule has 1 saturated carbocycles. The van der Waals surface area contributed by atoms with Gasteiger partial charge in [0.15, 0.2) is 0 Å². The summed E-state index contributed by atoms with van der Waals surface area (Å²) in [5, 5.41) is 10.0. The summed E-state index contributed by atoms with van der Waals surface area (Å²) in [4.78, 5) is 0. The zero-order valence-corrected chi connectivity index (χ0v) is 7.18. The Kier molecular flexibility index (Phi) is 2.50. The fraction of sp³-hybridized carbons (Fsp3) is 0.500. The molecule has 0 unspecified atom stereocenters. The van der Waals surface area contributed by atoms with Crippen molar-refractivity contribution in [1.82, 2.24) is 5.32 Å². The molecule has 0 bridgehead atoms. The van der Waals surface area contributed by atoms with E-state index in [0.29, 0.717) is 6.04 Å². The molecular weight excluding hydrogens is 227 g/mol. The van der Waals surface area contributed by atoms with Gasteiger partial charge in [-0.25, -0.2) is 0 Å². The highest BCUT2D eigenvalue weighted by Gasteiger charge is 2.18. The van der Waals surface area contributed by atoms with E-state index >= 15 is 0 Å². The van der Waals surface area contributed by atoms with Crippen molar-refractivity contribution in [3.8, 4) is 0 Å². The number of hydrogen-bond acceptors (Lipinski definition) is 2. The predicted octanol–water partition coefficient (Wildman–Crippen LogP) is 1.66. The van der Waals surface area contributed by atoms with Crippen molar-refractivity contribution in [2.24, 2.45) is 0 Å². The SMILES string of the molecule is N=C/C(I)=C\NC1CC1. The lowest BCUT2D eigenvalue weighted by atomic mass is 10.6. The molecule has 0 aliphatic heterocycles. The van der Waals surface area contributed by atoms with Crippen LogP contribution in [0.15, 0.2) is 9.78 Å². The molecular formula is C6H9IN2. The molecule has 0 atom stereocenters. The third-order valence-corrected chi connectivity index (χ3v) is 1.79. The molecule has 0 heterocycles. The maximum Gasteiger partial charge on any atom is 0.0462 e. The molecule has 1 rings (SSSR count). The van der Waals surface area contributed by atoms with Gasteiger partial charge in [-0.05, 0) is 35.4 Å². The first-order valence-corrected chi connectivity index (χ1v) is 4.03. The molecule has 0 aromatic rings. The second-order valence-corrected chi connectivity index (χ2v) is 3.36. The van der Waals surface area contributed by atoms with Crippen molar-refractivity contribution in [1.29, 1.82) is 5.41 Å². The molecule has 2 N–H and O–H groups in total. The van der Waals surface area contributed by atoms with Crippen LogP contribution in [0.25, 0.3) is 0 Å². The smallest absolute Gasteiger partial charge is 0.0462 e. The van der Waals surface area contributed by atoms with Crippen LogP contribution in [0.2, 0.25) is 0 Å². The van der Waals surface area contributed by atoms with Gasteiger partial charge in [-0.1, -0.05) is 0 Å². The minimum Gasteiger partial charge on any atom is -0.387 e. The standard InChI is InChI=1S/C6H9IN2/c7-5(3-8)4-9-6-1-2-6/h3-4,6,8-9H,1-2H2/b5-4+,8-3?. The van der Waals surface area contributed by atoms with Gasteiger partial charge in [0.25, 0.3) is 0 Å². The zero-order chi connectivity index (χ0) is 6.69. The Hall–Kier alpha value is -0.0600. The van der Waals surface area contributed by atoms with Gasteiger partial charge in [-0.15, -0.1) is 0 Å². The molecule has 0 aromatic carbocycles. The van der Waals surface area contributed by atoms with Gasteiger partial charge in [-0.2, -0.15) is 0 Å². The molecule has 9 heavy (non-hydrogen) atoms. The minimum atomic E-state index is 0.703. The Balaban J connectivity index is 2.19. The highest BCUT2D eigenvalue weighted by molar-refractivity contribution is 14.1. The summed E-state index contributed by atoms with van der Waals surface area (Å²) in [7, 11) is 0. The third-order valence-electron chi connectivity index (χ3n) is 1.17. The van der Waals surface area contributed by atoms with Gasteiger partial charge in [0, 0.05) is 22.0 Å². The molecule has 0 radical (unpaired) electrons. The zero-order valence-electron chi connectivity index (χ0n) is 5.02. The quantitative estimate of drug-likeness (QED) is 0.567. The molecule has 1 fully saturated rings. The molecule has 0 spiro atoms.